The Bertz CT molecular complexity index is 954. The van der Waals surface area contributed by atoms with Crippen LogP contribution in [-0.2, 0) is 0 Å². The van der Waals surface area contributed by atoms with Crippen molar-refractivity contribution in [2.75, 3.05) is 0 Å². The Morgan fingerprint density at radius 1 is 0.848 bits per heavy atom. The molecule has 0 aliphatic heterocycles. The summed E-state index contributed by atoms with van der Waals surface area (Å²) in [7, 11) is 0. The molecule has 0 aromatic heterocycles. The minimum absolute atomic E-state index is 0.0586. The average Bonchev–Trinajstić information content (AvgIpc) is 2.76. The van der Waals surface area contributed by atoms with E-state index in [0.29, 0.717) is 5.92 Å². The Labute approximate surface area is 192 Å². The van der Waals surface area contributed by atoms with Gasteiger partial charge in [0.05, 0.1) is 0 Å². The SMILES string of the molecule is CCCCCC[C@@H]1CC[C@@H]2CC(c3cc(F)c4cc(OC(F)(F)F)c(F)cc4c3)CCC2C1. The number of unbranched alkanes of at least 4 members (excludes halogenated alkanes) is 3. The lowest BCUT2D eigenvalue weighted by molar-refractivity contribution is -0.275. The van der Waals surface area contributed by atoms with Gasteiger partial charge >= 0.3 is 6.36 Å². The van der Waals surface area contributed by atoms with Gasteiger partial charge in [0.15, 0.2) is 11.6 Å². The maximum atomic E-state index is 14.8. The van der Waals surface area contributed by atoms with Crippen LogP contribution in [0.4, 0.5) is 22.0 Å². The number of hydrogen-bond donors (Lipinski definition) is 0. The van der Waals surface area contributed by atoms with E-state index in [1.54, 1.807) is 6.07 Å². The Morgan fingerprint density at radius 2 is 1.61 bits per heavy atom. The lowest BCUT2D eigenvalue weighted by atomic mass is 9.63. The molecule has 2 saturated carbocycles. The van der Waals surface area contributed by atoms with E-state index in [1.807, 2.05) is 0 Å². The van der Waals surface area contributed by atoms with Crippen LogP contribution >= 0.6 is 0 Å². The van der Waals surface area contributed by atoms with Crippen molar-refractivity contribution in [3.63, 3.8) is 0 Å². The van der Waals surface area contributed by atoms with Gasteiger partial charge in [-0.25, -0.2) is 8.78 Å². The highest BCUT2D eigenvalue weighted by molar-refractivity contribution is 5.85. The van der Waals surface area contributed by atoms with E-state index in [-0.39, 0.29) is 16.7 Å². The predicted octanol–water partition coefficient (Wildman–Crippen LogP) is 9.29. The van der Waals surface area contributed by atoms with E-state index in [9.17, 15) is 22.0 Å². The molecule has 0 amide bonds. The first-order chi connectivity index (χ1) is 15.7. The van der Waals surface area contributed by atoms with Gasteiger partial charge in [-0.05, 0) is 84.9 Å². The smallest absolute Gasteiger partial charge is 0.403 e. The van der Waals surface area contributed by atoms with E-state index in [0.717, 1.165) is 48.8 Å². The highest BCUT2D eigenvalue weighted by Gasteiger charge is 2.36. The normalized spacial score (nSPS) is 25.8. The number of alkyl halides is 3. The van der Waals surface area contributed by atoms with E-state index >= 15 is 0 Å². The van der Waals surface area contributed by atoms with Gasteiger partial charge in [-0.1, -0.05) is 51.5 Å². The Hall–Kier alpha value is -1.85. The summed E-state index contributed by atoms with van der Waals surface area (Å²) in [5.41, 5.74) is 0.823. The highest BCUT2D eigenvalue weighted by Crippen LogP contribution is 2.49. The van der Waals surface area contributed by atoms with Crippen LogP contribution in [0.15, 0.2) is 24.3 Å². The average molecular weight is 469 g/mol. The van der Waals surface area contributed by atoms with Crippen LogP contribution in [0.1, 0.15) is 89.0 Å². The standard InChI is InChI=1S/C27H33F5O/c1-2-3-4-5-6-17-7-8-19-12-20(10-9-18(19)11-17)21-13-22-15-25(29)26(33-27(30,31)32)16-23(22)24(28)14-21/h13-20H,2-12H2,1H3/t17-,18?,19-,20?/m1/s1. The van der Waals surface area contributed by atoms with Crippen LogP contribution in [-0.4, -0.2) is 6.36 Å². The number of benzene rings is 2. The second-order valence-corrected chi connectivity index (χ2v) is 10.1. The minimum atomic E-state index is -5.03. The van der Waals surface area contributed by atoms with Crippen molar-refractivity contribution in [1.82, 2.24) is 0 Å². The van der Waals surface area contributed by atoms with E-state index in [4.69, 9.17) is 0 Å². The fraction of sp³-hybridized carbons (Fsp3) is 0.630. The van der Waals surface area contributed by atoms with E-state index in [1.165, 1.54) is 57.4 Å². The molecule has 2 aromatic rings. The summed E-state index contributed by atoms with van der Waals surface area (Å²) in [6.07, 6.45) is 8.50. The van der Waals surface area contributed by atoms with E-state index in [2.05, 4.69) is 11.7 Å². The second kappa shape index (κ2) is 10.2. The van der Waals surface area contributed by atoms with Gasteiger partial charge in [0.1, 0.15) is 5.82 Å². The summed E-state index contributed by atoms with van der Waals surface area (Å²) >= 11 is 0. The molecule has 0 bridgehead atoms. The van der Waals surface area contributed by atoms with Gasteiger partial charge in [-0.3, -0.25) is 0 Å². The second-order valence-electron chi connectivity index (χ2n) is 10.1. The molecule has 0 saturated heterocycles. The number of fused-ring (bicyclic) bond motifs is 2. The lowest BCUT2D eigenvalue weighted by Crippen LogP contribution is -2.30. The predicted molar refractivity (Wildman–Crippen MR) is 120 cm³/mol. The molecule has 182 valence electrons. The quantitative estimate of drug-likeness (QED) is 0.291. The molecule has 0 heterocycles. The van der Waals surface area contributed by atoms with Crippen molar-refractivity contribution >= 4 is 10.8 Å². The van der Waals surface area contributed by atoms with Gasteiger partial charge in [0.25, 0.3) is 0 Å². The zero-order valence-corrected chi connectivity index (χ0v) is 19.2. The molecule has 0 N–H and O–H groups in total. The fourth-order valence-electron chi connectivity index (χ4n) is 6.19. The maximum Gasteiger partial charge on any atom is 0.573 e. The minimum Gasteiger partial charge on any atom is -0.403 e. The Morgan fingerprint density at radius 3 is 2.36 bits per heavy atom. The van der Waals surface area contributed by atoms with Crippen LogP contribution in [0.25, 0.3) is 10.8 Å². The summed E-state index contributed by atoms with van der Waals surface area (Å²) in [4.78, 5) is 0. The first-order valence-electron chi connectivity index (χ1n) is 12.4. The molecule has 2 aliphatic carbocycles. The zero-order valence-electron chi connectivity index (χ0n) is 19.2. The number of rotatable bonds is 7. The van der Waals surface area contributed by atoms with Crippen molar-refractivity contribution < 1.29 is 26.7 Å². The zero-order chi connectivity index (χ0) is 23.6. The summed E-state index contributed by atoms with van der Waals surface area (Å²) in [6, 6.07) is 4.90. The first-order valence-corrected chi connectivity index (χ1v) is 12.4. The van der Waals surface area contributed by atoms with E-state index < -0.39 is 23.7 Å². The van der Waals surface area contributed by atoms with Crippen LogP contribution in [0.2, 0.25) is 0 Å². The molecule has 2 aliphatic rings. The summed E-state index contributed by atoms with van der Waals surface area (Å²) in [5, 5.41) is 0.214. The molecule has 0 spiro atoms. The monoisotopic (exact) mass is 468 g/mol. The third kappa shape index (κ3) is 5.99. The molecule has 2 aromatic carbocycles. The lowest BCUT2D eigenvalue weighted by Gasteiger charge is -2.42. The molecule has 4 atom stereocenters. The molecule has 2 fully saturated rings. The molecule has 1 nitrogen and oxygen atoms in total. The third-order valence-electron chi connectivity index (χ3n) is 7.86. The number of halogens is 5. The third-order valence-corrected chi connectivity index (χ3v) is 7.86. The van der Waals surface area contributed by atoms with Crippen LogP contribution in [0, 0.1) is 29.4 Å². The number of hydrogen-bond acceptors (Lipinski definition) is 1. The summed E-state index contributed by atoms with van der Waals surface area (Å²) < 4.78 is 70.2. The Kier molecular flexibility index (Phi) is 7.49. The van der Waals surface area contributed by atoms with Crippen LogP contribution in [0.3, 0.4) is 0 Å². The van der Waals surface area contributed by atoms with Gasteiger partial charge < -0.3 is 4.74 Å². The molecule has 2 unspecified atom stereocenters. The molecule has 6 heteroatoms. The summed E-state index contributed by atoms with van der Waals surface area (Å²) in [5.74, 6) is -0.336. The van der Waals surface area contributed by atoms with Gasteiger partial charge in [-0.15, -0.1) is 13.2 Å². The molecule has 4 rings (SSSR count). The van der Waals surface area contributed by atoms with Crippen molar-refractivity contribution in [3.8, 4) is 5.75 Å². The van der Waals surface area contributed by atoms with Crippen molar-refractivity contribution in [2.24, 2.45) is 17.8 Å². The maximum absolute atomic E-state index is 14.8. The molecular formula is C27H33F5O. The molecule has 33 heavy (non-hydrogen) atoms. The van der Waals surface area contributed by atoms with Crippen molar-refractivity contribution in [1.29, 1.82) is 0 Å². The van der Waals surface area contributed by atoms with Gasteiger partial charge in [0, 0.05) is 5.39 Å². The van der Waals surface area contributed by atoms with Crippen molar-refractivity contribution in [2.45, 2.75) is 89.8 Å². The van der Waals surface area contributed by atoms with Crippen molar-refractivity contribution in [3.05, 3.63) is 41.5 Å². The topological polar surface area (TPSA) is 9.23 Å². The van der Waals surface area contributed by atoms with Crippen LogP contribution < -0.4 is 4.74 Å². The molecule has 0 radical (unpaired) electrons. The Balaban J connectivity index is 1.43. The highest BCUT2D eigenvalue weighted by atomic mass is 19.4. The fourth-order valence-corrected chi connectivity index (χ4v) is 6.19. The van der Waals surface area contributed by atoms with Crippen LogP contribution in [0.5, 0.6) is 5.75 Å². The summed E-state index contributed by atoms with van der Waals surface area (Å²) in [6.45, 7) is 2.24. The largest absolute Gasteiger partial charge is 0.573 e. The van der Waals surface area contributed by atoms with Gasteiger partial charge in [0.2, 0.25) is 0 Å². The first kappa shape index (κ1) is 24.3. The van der Waals surface area contributed by atoms with Gasteiger partial charge in [-0.2, -0.15) is 0 Å². The number of ether oxygens (including phenoxy) is 1. The molecular weight excluding hydrogens is 435 g/mol.